The van der Waals surface area contributed by atoms with Gasteiger partial charge in [-0.15, -0.1) is 0 Å². The van der Waals surface area contributed by atoms with Gasteiger partial charge in [-0.05, 0) is 18.4 Å². The van der Waals surface area contributed by atoms with Gasteiger partial charge in [0, 0.05) is 24.4 Å². The lowest BCUT2D eigenvalue weighted by Crippen LogP contribution is -2.03. The molecular weight excluding hydrogens is 306 g/mol. The summed E-state index contributed by atoms with van der Waals surface area (Å²) in [5, 5.41) is 24.3. The number of pyridine rings is 1. The molecule has 0 amide bonds. The van der Waals surface area contributed by atoms with Crippen molar-refractivity contribution in [2.45, 2.75) is 20.3 Å². The molecule has 0 saturated carbocycles. The number of ether oxygens (including phenoxy) is 1. The van der Waals surface area contributed by atoms with Crippen molar-refractivity contribution in [1.82, 2.24) is 4.98 Å². The number of hydrogen-bond donors (Lipinski definition) is 3. The van der Waals surface area contributed by atoms with Crippen molar-refractivity contribution in [3.05, 3.63) is 36.0 Å². The Labute approximate surface area is 133 Å². The van der Waals surface area contributed by atoms with Crippen molar-refractivity contribution < 1.29 is 34.4 Å². The van der Waals surface area contributed by atoms with Gasteiger partial charge in [-0.25, -0.2) is 19.4 Å². The van der Waals surface area contributed by atoms with Crippen LogP contribution in [0.1, 0.15) is 30.6 Å². The van der Waals surface area contributed by atoms with Crippen LogP contribution in [0, 0.1) is 5.92 Å². The highest BCUT2D eigenvalue weighted by Gasteiger charge is 2.03. The van der Waals surface area contributed by atoms with E-state index in [0.29, 0.717) is 30.6 Å². The highest BCUT2D eigenvalue weighted by atomic mass is 16.5. The summed E-state index contributed by atoms with van der Waals surface area (Å²) < 4.78 is 5.35. The molecule has 0 aromatic carbocycles. The lowest BCUT2D eigenvalue weighted by molar-refractivity contribution is -0.134. The molecule has 0 atom stereocenters. The Morgan fingerprint density at radius 1 is 1.13 bits per heavy atom. The van der Waals surface area contributed by atoms with E-state index in [0.717, 1.165) is 6.42 Å². The Bertz CT molecular complexity index is 533. The summed E-state index contributed by atoms with van der Waals surface area (Å²) >= 11 is 0. The monoisotopic (exact) mass is 325 g/mol. The maximum Gasteiger partial charge on any atom is 0.337 e. The number of aromatic nitrogens is 1. The number of nitrogens with zero attached hydrogens (tertiary/aromatic N) is 1. The fraction of sp³-hybridized carbons (Fsp3) is 0.333. The lowest BCUT2D eigenvalue weighted by atomic mass is 10.1. The van der Waals surface area contributed by atoms with Crippen molar-refractivity contribution in [2.75, 3.05) is 6.61 Å². The molecule has 1 aromatic rings. The molecule has 8 heteroatoms. The third kappa shape index (κ3) is 11.4. The Morgan fingerprint density at radius 3 is 2.04 bits per heavy atom. The van der Waals surface area contributed by atoms with Gasteiger partial charge in [0.2, 0.25) is 5.88 Å². The van der Waals surface area contributed by atoms with Crippen LogP contribution in [-0.2, 0) is 9.59 Å². The van der Waals surface area contributed by atoms with Crippen LogP contribution in [0.2, 0.25) is 0 Å². The Kier molecular flexibility index (Phi) is 9.42. The Morgan fingerprint density at radius 2 is 1.70 bits per heavy atom. The van der Waals surface area contributed by atoms with Gasteiger partial charge in [-0.1, -0.05) is 13.8 Å². The van der Waals surface area contributed by atoms with Crippen LogP contribution in [0.15, 0.2) is 30.5 Å². The van der Waals surface area contributed by atoms with E-state index in [1.807, 2.05) is 0 Å². The van der Waals surface area contributed by atoms with Crippen LogP contribution in [0.4, 0.5) is 0 Å². The molecule has 0 aliphatic carbocycles. The largest absolute Gasteiger partial charge is 0.478 e. The molecule has 1 rings (SSSR count). The smallest absolute Gasteiger partial charge is 0.337 e. The van der Waals surface area contributed by atoms with Crippen LogP contribution in [-0.4, -0.2) is 44.8 Å². The maximum absolute atomic E-state index is 10.5. The van der Waals surface area contributed by atoms with Crippen LogP contribution < -0.4 is 4.74 Å². The first-order valence-corrected chi connectivity index (χ1v) is 6.68. The van der Waals surface area contributed by atoms with E-state index in [1.54, 1.807) is 6.07 Å². The molecule has 0 unspecified atom stereocenters. The van der Waals surface area contributed by atoms with Gasteiger partial charge >= 0.3 is 17.9 Å². The van der Waals surface area contributed by atoms with Crippen LogP contribution >= 0.6 is 0 Å². The zero-order valence-electron chi connectivity index (χ0n) is 12.8. The summed E-state index contributed by atoms with van der Waals surface area (Å²) in [5.41, 5.74) is 0.172. The zero-order chi connectivity index (χ0) is 17.8. The molecule has 23 heavy (non-hydrogen) atoms. The van der Waals surface area contributed by atoms with Crippen molar-refractivity contribution >= 4 is 17.9 Å². The molecule has 1 aromatic heterocycles. The standard InChI is InChI=1S/C11H15NO3.C4H4O4/c1-8(2)5-6-15-10-4-3-9(7-12-10)11(13)14;5-3(6)1-2-4(7)8/h3-4,7-8H,5-6H2,1-2H3,(H,13,14);1-2H,(H,5,6)(H,7,8)/b;2-1+. The summed E-state index contributed by atoms with van der Waals surface area (Å²) in [7, 11) is 0. The van der Waals surface area contributed by atoms with Crippen LogP contribution in [0.5, 0.6) is 5.88 Å². The zero-order valence-corrected chi connectivity index (χ0v) is 12.8. The van der Waals surface area contributed by atoms with Crippen molar-refractivity contribution in [1.29, 1.82) is 0 Å². The predicted octanol–water partition coefficient (Wildman–Crippen LogP) is 1.92. The van der Waals surface area contributed by atoms with E-state index in [2.05, 4.69) is 18.8 Å². The van der Waals surface area contributed by atoms with Crippen molar-refractivity contribution in [2.24, 2.45) is 5.92 Å². The minimum Gasteiger partial charge on any atom is -0.478 e. The molecule has 0 fully saturated rings. The van der Waals surface area contributed by atoms with E-state index in [1.165, 1.54) is 12.3 Å². The van der Waals surface area contributed by atoms with Gasteiger partial charge < -0.3 is 20.1 Å². The number of aliphatic carboxylic acids is 2. The van der Waals surface area contributed by atoms with E-state index in [4.69, 9.17) is 20.1 Å². The molecular formula is C15H19NO7. The number of hydrogen-bond acceptors (Lipinski definition) is 5. The summed E-state index contributed by atoms with van der Waals surface area (Å²) in [5.74, 6) is -2.43. The van der Waals surface area contributed by atoms with Crippen molar-refractivity contribution in [3.8, 4) is 5.88 Å². The third-order valence-electron chi connectivity index (χ3n) is 2.30. The summed E-state index contributed by atoms with van der Waals surface area (Å²) in [4.78, 5) is 33.5. The minimum atomic E-state index is -1.26. The number of carbonyl (C=O) groups is 3. The highest BCUT2D eigenvalue weighted by molar-refractivity contribution is 5.89. The number of carboxylic acid groups (broad SMARTS) is 3. The van der Waals surface area contributed by atoms with E-state index >= 15 is 0 Å². The number of carboxylic acids is 3. The van der Waals surface area contributed by atoms with Crippen molar-refractivity contribution in [3.63, 3.8) is 0 Å². The number of aromatic carboxylic acids is 1. The molecule has 1 heterocycles. The average Bonchev–Trinajstić information content (AvgIpc) is 2.46. The maximum atomic E-state index is 10.5. The summed E-state index contributed by atoms with van der Waals surface area (Å²) in [6.45, 7) is 4.84. The van der Waals surface area contributed by atoms with Gasteiger partial charge in [-0.2, -0.15) is 0 Å². The molecule has 8 nitrogen and oxygen atoms in total. The summed E-state index contributed by atoms with van der Waals surface area (Å²) in [6.07, 6.45) is 3.38. The molecule has 0 aliphatic heterocycles. The quantitative estimate of drug-likeness (QED) is 0.647. The Hall–Kier alpha value is -2.90. The summed E-state index contributed by atoms with van der Waals surface area (Å²) in [6, 6.07) is 3.06. The van der Waals surface area contributed by atoms with Gasteiger partial charge in [0.1, 0.15) is 0 Å². The van der Waals surface area contributed by atoms with Gasteiger partial charge in [0.05, 0.1) is 12.2 Å². The molecule has 0 aliphatic rings. The Balaban J connectivity index is 0.000000515. The predicted molar refractivity (Wildman–Crippen MR) is 80.6 cm³/mol. The molecule has 126 valence electrons. The van der Waals surface area contributed by atoms with Gasteiger partial charge in [-0.3, -0.25) is 0 Å². The second-order valence-corrected chi connectivity index (χ2v) is 4.73. The SMILES string of the molecule is CC(C)CCOc1ccc(C(=O)O)cn1.O=C(O)/C=C/C(=O)O. The lowest BCUT2D eigenvalue weighted by Gasteiger charge is -2.06. The second kappa shape index (κ2) is 10.8. The van der Waals surface area contributed by atoms with E-state index in [-0.39, 0.29) is 5.56 Å². The average molecular weight is 325 g/mol. The normalized spacial score (nSPS) is 10.0. The molecule has 3 N–H and O–H groups in total. The van der Waals surface area contributed by atoms with E-state index in [9.17, 15) is 14.4 Å². The van der Waals surface area contributed by atoms with Gasteiger partial charge in [0.15, 0.2) is 0 Å². The highest BCUT2D eigenvalue weighted by Crippen LogP contribution is 2.09. The third-order valence-corrected chi connectivity index (χ3v) is 2.30. The molecule has 0 saturated heterocycles. The molecule has 0 bridgehead atoms. The topological polar surface area (TPSA) is 134 Å². The van der Waals surface area contributed by atoms with Gasteiger partial charge in [0.25, 0.3) is 0 Å². The fourth-order valence-corrected chi connectivity index (χ4v) is 1.13. The fourth-order valence-electron chi connectivity index (χ4n) is 1.13. The first-order valence-electron chi connectivity index (χ1n) is 6.68. The number of rotatable bonds is 7. The molecule has 0 spiro atoms. The first kappa shape index (κ1) is 20.1. The van der Waals surface area contributed by atoms with Crippen LogP contribution in [0.25, 0.3) is 0 Å². The first-order chi connectivity index (χ1) is 10.7. The minimum absolute atomic E-state index is 0.172. The second-order valence-electron chi connectivity index (χ2n) is 4.73. The molecule has 0 radical (unpaired) electrons. The van der Waals surface area contributed by atoms with Crippen LogP contribution in [0.3, 0.4) is 0 Å². The van der Waals surface area contributed by atoms with E-state index < -0.39 is 17.9 Å².